The molecule has 0 aliphatic heterocycles. The molecule has 6 nitrogen and oxygen atoms in total. The molecule has 0 radical (unpaired) electrons. The zero-order chi connectivity index (χ0) is 14.0. The van der Waals surface area contributed by atoms with Crippen molar-refractivity contribution in [3.63, 3.8) is 0 Å². The minimum absolute atomic E-state index is 0.00347. The van der Waals surface area contributed by atoms with E-state index in [1.165, 1.54) is 12.1 Å². The zero-order valence-electron chi connectivity index (χ0n) is 10.6. The number of non-ortho nitro benzene ring substituents is 1. The molecule has 1 heterocycles. The van der Waals surface area contributed by atoms with Crippen molar-refractivity contribution in [2.45, 2.75) is 20.5 Å². The lowest BCUT2D eigenvalue weighted by Gasteiger charge is -2.07. The van der Waals surface area contributed by atoms with Crippen LogP contribution in [0.1, 0.15) is 17.0 Å². The van der Waals surface area contributed by atoms with E-state index in [1.807, 2.05) is 6.92 Å². The summed E-state index contributed by atoms with van der Waals surface area (Å²) >= 11 is 0. The first-order valence-corrected chi connectivity index (χ1v) is 5.72. The summed E-state index contributed by atoms with van der Waals surface area (Å²) < 4.78 is 0. The second-order valence-corrected chi connectivity index (χ2v) is 4.24. The molecule has 2 aromatic rings. The SMILES string of the molecule is Cc1cc(CO)nc(-c2cc([N+](=O)[O-])ccc2C)n1. The van der Waals surface area contributed by atoms with E-state index in [9.17, 15) is 10.1 Å². The molecule has 0 saturated heterocycles. The minimum Gasteiger partial charge on any atom is -0.390 e. The summed E-state index contributed by atoms with van der Waals surface area (Å²) in [7, 11) is 0. The predicted octanol–water partition coefficient (Wildman–Crippen LogP) is 2.16. The Balaban J connectivity index is 2.60. The standard InChI is InChI=1S/C13H13N3O3/c1-8-3-4-11(16(18)19)6-12(8)13-14-9(2)5-10(7-17)15-13/h3-6,17H,7H2,1-2H3. The van der Waals surface area contributed by atoms with Gasteiger partial charge in [0.05, 0.1) is 17.2 Å². The topological polar surface area (TPSA) is 89.2 Å². The lowest BCUT2D eigenvalue weighted by Crippen LogP contribution is -1.99. The number of aliphatic hydroxyl groups is 1. The Morgan fingerprint density at radius 2 is 2.00 bits per heavy atom. The van der Waals surface area contributed by atoms with Crippen LogP contribution in [0.4, 0.5) is 5.69 Å². The Labute approximate surface area is 109 Å². The molecule has 0 atom stereocenters. The average Bonchev–Trinajstić information content (AvgIpc) is 2.38. The molecule has 0 amide bonds. The van der Waals surface area contributed by atoms with Crippen LogP contribution >= 0.6 is 0 Å². The Hall–Kier alpha value is -2.34. The van der Waals surface area contributed by atoms with Gasteiger partial charge in [-0.1, -0.05) is 6.07 Å². The maximum absolute atomic E-state index is 10.8. The van der Waals surface area contributed by atoms with Gasteiger partial charge < -0.3 is 5.11 Å². The van der Waals surface area contributed by atoms with Gasteiger partial charge in [-0.25, -0.2) is 9.97 Å². The second-order valence-electron chi connectivity index (χ2n) is 4.24. The first kappa shape index (κ1) is 13.1. The number of rotatable bonds is 3. The molecule has 0 aliphatic carbocycles. The number of aryl methyl sites for hydroxylation is 2. The van der Waals surface area contributed by atoms with Crippen LogP contribution in [0, 0.1) is 24.0 Å². The van der Waals surface area contributed by atoms with Crippen molar-refractivity contribution in [2.75, 3.05) is 0 Å². The summed E-state index contributed by atoms with van der Waals surface area (Å²) in [4.78, 5) is 18.8. The van der Waals surface area contributed by atoms with Gasteiger partial charge in [-0.05, 0) is 25.5 Å². The molecule has 0 bridgehead atoms. The number of aliphatic hydroxyl groups excluding tert-OH is 1. The van der Waals surface area contributed by atoms with Gasteiger partial charge in [-0.3, -0.25) is 10.1 Å². The molecule has 1 aromatic carbocycles. The van der Waals surface area contributed by atoms with Gasteiger partial charge in [0.25, 0.3) is 5.69 Å². The van der Waals surface area contributed by atoms with Gasteiger partial charge in [0, 0.05) is 23.4 Å². The van der Waals surface area contributed by atoms with Crippen molar-refractivity contribution in [3.05, 3.63) is 51.3 Å². The normalized spacial score (nSPS) is 10.5. The molecular formula is C13H13N3O3. The van der Waals surface area contributed by atoms with Gasteiger partial charge in [0.2, 0.25) is 0 Å². The lowest BCUT2D eigenvalue weighted by atomic mass is 10.1. The maximum atomic E-state index is 10.8. The molecule has 19 heavy (non-hydrogen) atoms. The van der Waals surface area contributed by atoms with Crippen LogP contribution < -0.4 is 0 Å². The fourth-order valence-corrected chi connectivity index (χ4v) is 1.80. The van der Waals surface area contributed by atoms with Gasteiger partial charge >= 0.3 is 0 Å². The van der Waals surface area contributed by atoms with Crippen molar-refractivity contribution in [1.82, 2.24) is 9.97 Å². The van der Waals surface area contributed by atoms with E-state index in [1.54, 1.807) is 19.1 Å². The molecule has 0 unspecified atom stereocenters. The van der Waals surface area contributed by atoms with E-state index >= 15 is 0 Å². The van der Waals surface area contributed by atoms with Gasteiger partial charge in [0.1, 0.15) is 0 Å². The van der Waals surface area contributed by atoms with Gasteiger partial charge in [-0.15, -0.1) is 0 Å². The molecule has 6 heteroatoms. The number of hydrogen-bond donors (Lipinski definition) is 1. The van der Waals surface area contributed by atoms with Crippen molar-refractivity contribution < 1.29 is 10.0 Å². The molecule has 1 N–H and O–H groups in total. The monoisotopic (exact) mass is 259 g/mol. The highest BCUT2D eigenvalue weighted by atomic mass is 16.6. The Kier molecular flexibility index (Phi) is 3.52. The molecule has 0 saturated carbocycles. The molecule has 0 aliphatic rings. The zero-order valence-corrected chi connectivity index (χ0v) is 10.6. The van der Waals surface area contributed by atoms with E-state index in [4.69, 9.17) is 5.11 Å². The highest BCUT2D eigenvalue weighted by molar-refractivity contribution is 5.63. The average molecular weight is 259 g/mol. The van der Waals surface area contributed by atoms with Crippen LogP contribution in [0.25, 0.3) is 11.4 Å². The largest absolute Gasteiger partial charge is 0.390 e. The summed E-state index contributed by atoms with van der Waals surface area (Å²) in [5, 5.41) is 20.0. The summed E-state index contributed by atoms with van der Waals surface area (Å²) in [5.74, 6) is 0.394. The lowest BCUT2D eigenvalue weighted by molar-refractivity contribution is -0.384. The van der Waals surface area contributed by atoms with Crippen molar-refractivity contribution in [3.8, 4) is 11.4 Å². The molecule has 98 valence electrons. The van der Waals surface area contributed by atoms with E-state index in [2.05, 4.69) is 9.97 Å². The number of nitro groups is 1. The smallest absolute Gasteiger partial charge is 0.270 e. The minimum atomic E-state index is -0.453. The predicted molar refractivity (Wildman–Crippen MR) is 69.5 cm³/mol. The third kappa shape index (κ3) is 2.74. The molecule has 0 spiro atoms. The van der Waals surface area contributed by atoms with E-state index in [0.29, 0.717) is 22.8 Å². The van der Waals surface area contributed by atoms with Crippen LogP contribution in [0.15, 0.2) is 24.3 Å². The second kappa shape index (κ2) is 5.11. The summed E-state index contributed by atoms with van der Waals surface area (Å²) in [6.07, 6.45) is 0. The number of hydrogen-bond acceptors (Lipinski definition) is 5. The van der Waals surface area contributed by atoms with E-state index < -0.39 is 4.92 Å². The third-order valence-electron chi connectivity index (χ3n) is 2.74. The quantitative estimate of drug-likeness (QED) is 0.674. The molecule has 0 fully saturated rings. The molecular weight excluding hydrogens is 246 g/mol. The first-order chi connectivity index (χ1) is 9.01. The Morgan fingerprint density at radius 3 is 2.63 bits per heavy atom. The third-order valence-corrected chi connectivity index (χ3v) is 2.74. The van der Waals surface area contributed by atoms with Crippen LogP contribution in [-0.2, 0) is 6.61 Å². The number of aromatic nitrogens is 2. The number of nitrogens with zero attached hydrogens (tertiary/aromatic N) is 3. The van der Waals surface area contributed by atoms with Crippen LogP contribution in [-0.4, -0.2) is 20.0 Å². The summed E-state index contributed by atoms with van der Waals surface area (Å²) in [6, 6.07) is 6.24. The van der Waals surface area contributed by atoms with Crippen LogP contribution in [0.3, 0.4) is 0 Å². The van der Waals surface area contributed by atoms with Gasteiger partial charge in [-0.2, -0.15) is 0 Å². The first-order valence-electron chi connectivity index (χ1n) is 5.72. The van der Waals surface area contributed by atoms with Gasteiger partial charge in [0.15, 0.2) is 5.82 Å². The highest BCUT2D eigenvalue weighted by Gasteiger charge is 2.13. The van der Waals surface area contributed by atoms with Crippen LogP contribution in [0.5, 0.6) is 0 Å². The Morgan fingerprint density at radius 1 is 1.26 bits per heavy atom. The molecule has 1 aromatic heterocycles. The fourth-order valence-electron chi connectivity index (χ4n) is 1.80. The van der Waals surface area contributed by atoms with E-state index in [-0.39, 0.29) is 12.3 Å². The number of benzene rings is 1. The number of nitro benzene ring substituents is 1. The van der Waals surface area contributed by atoms with Crippen molar-refractivity contribution in [1.29, 1.82) is 0 Å². The molecule has 2 rings (SSSR count). The fraction of sp³-hybridized carbons (Fsp3) is 0.231. The highest BCUT2D eigenvalue weighted by Crippen LogP contribution is 2.25. The maximum Gasteiger partial charge on any atom is 0.270 e. The van der Waals surface area contributed by atoms with E-state index in [0.717, 1.165) is 5.56 Å². The van der Waals surface area contributed by atoms with Crippen LogP contribution in [0.2, 0.25) is 0 Å². The summed E-state index contributed by atoms with van der Waals surface area (Å²) in [5.41, 5.74) is 2.65. The van der Waals surface area contributed by atoms with Crippen molar-refractivity contribution in [2.24, 2.45) is 0 Å². The van der Waals surface area contributed by atoms with Crippen molar-refractivity contribution >= 4 is 5.69 Å². The Bertz CT molecular complexity index is 641. The summed E-state index contributed by atoms with van der Waals surface area (Å²) in [6.45, 7) is 3.44.